The Hall–Kier alpha value is -2.69. The lowest BCUT2D eigenvalue weighted by atomic mass is 9.91. The lowest BCUT2D eigenvalue weighted by Gasteiger charge is -2.32. The van der Waals surface area contributed by atoms with Crippen molar-refractivity contribution in [2.24, 2.45) is 5.92 Å². The highest BCUT2D eigenvalue weighted by atomic mass is 32.2. The highest BCUT2D eigenvalue weighted by Crippen LogP contribution is 2.39. The minimum atomic E-state index is -3.61. The first kappa shape index (κ1) is 21.5. The SMILES string of the molecule is Cc1ccc(S(=O)(=O)N2[C@@H](C(C)C)C(c3ccc(-c4ccccc4)cc3)=C[C@@H]2C)cc1. The van der Waals surface area contributed by atoms with Crippen LogP contribution in [0.1, 0.15) is 31.9 Å². The van der Waals surface area contributed by atoms with E-state index in [4.69, 9.17) is 0 Å². The molecule has 1 aliphatic rings. The van der Waals surface area contributed by atoms with Gasteiger partial charge in [0.1, 0.15) is 0 Å². The van der Waals surface area contributed by atoms with E-state index >= 15 is 0 Å². The Morgan fingerprint density at radius 3 is 1.90 bits per heavy atom. The molecule has 0 aliphatic carbocycles. The third-order valence-corrected chi connectivity index (χ3v) is 7.95. The molecule has 160 valence electrons. The molecular formula is C27H29NO2S. The zero-order chi connectivity index (χ0) is 22.2. The molecule has 2 atom stereocenters. The zero-order valence-corrected chi connectivity index (χ0v) is 19.3. The Labute approximate surface area is 186 Å². The molecule has 4 heteroatoms. The van der Waals surface area contributed by atoms with Crippen LogP contribution in [0.15, 0.2) is 89.8 Å². The van der Waals surface area contributed by atoms with Crippen LogP contribution in [-0.2, 0) is 10.0 Å². The molecule has 1 aliphatic heterocycles. The summed E-state index contributed by atoms with van der Waals surface area (Å²) in [5.41, 5.74) is 5.53. The summed E-state index contributed by atoms with van der Waals surface area (Å²) in [5.74, 6) is 0.144. The van der Waals surface area contributed by atoms with E-state index in [-0.39, 0.29) is 18.0 Å². The van der Waals surface area contributed by atoms with Crippen molar-refractivity contribution in [1.29, 1.82) is 0 Å². The predicted octanol–water partition coefficient (Wildman–Crippen LogP) is 6.16. The molecular weight excluding hydrogens is 402 g/mol. The fraction of sp³-hybridized carbons (Fsp3) is 0.259. The Morgan fingerprint density at radius 2 is 1.32 bits per heavy atom. The van der Waals surface area contributed by atoms with E-state index in [9.17, 15) is 8.42 Å². The van der Waals surface area contributed by atoms with Gasteiger partial charge in [-0.2, -0.15) is 4.31 Å². The molecule has 31 heavy (non-hydrogen) atoms. The standard InChI is InChI=1S/C27H29NO2S/c1-19(2)27-26(24-14-12-23(13-15-24)22-8-6-5-7-9-22)18-21(4)28(27)31(29,30)25-16-10-20(3)11-17-25/h5-19,21,27H,1-4H3/t21-,27-/m0/s1. The molecule has 4 rings (SSSR count). The van der Waals surface area contributed by atoms with Crippen molar-refractivity contribution in [3.63, 3.8) is 0 Å². The Kier molecular flexibility index (Phi) is 5.87. The Balaban J connectivity index is 1.69. The van der Waals surface area contributed by atoms with Gasteiger partial charge in [0, 0.05) is 6.04 Å². The first-order valence-electron chi connectivity index (χ1n) is 10.8. The molecule has 0 unspecified atom stereocenters. The van der Waals surface area contributed by atoms with E-state index in [0.29, 0.717) is 4.90 Å². The monoisotopic (exact) mass is 431 g/mol. The van der Waals surface area contributed by atoms with Gasteiger partial charge >= 0.3 is 0 Å². The number of hydrogen-bond acceptors (Lipinski definition) is 2. The lowest BCUT2D eigenvalue weighted by Crippen LogP contribution is -2.43. The first-order chi connectivity index (χ1) is 14.8. The molecule has 0 fully saturated rings. The van der Waals surface area contributed by atoms with Crippen molar-refractivity contribution >= 4 is 15.6 Å². The van der Waals surface area contributed by atoms with Crippen LogP contribution in [0.2, 0.25) is 0 Å². The van der Waals surface area contributed by atoms with Crippen LogP contribution < -0.4 is 0 Å². The van der Waals surface area contributed by atoms with Crippen LogP contribution >= 0.6 is 0 Å². The van der Waals surface area contributed by atoms with Gasteiger partial charge in [0.05, 0.1) is 10.9 Å². The fourth-order valence-corrected chi connectivity index (χ4v) is 6.31. The quantitative estimate of drug-likeness (QED) is 0.485. The van der Waals surface area contributed by atoms with E-state index in [1.165, 1.54) is 5.56 Å². The Morgan fingerprint density at radius 1 is 0.774 bits per heavy atom. The smallest absolute Gasteiger partial charge is 0.207 e. The number of nitrogens with zero attached hydrogens (tertiary/aromatic N) is 1. The summed E-state index contributed by atoms with van der Waals surface area (Å²) in [6, 6.07) is 25.4. The maximum atomic E-state index is 13.6. The van der Waals surface area contributed by atoms with Crippen LogP contribution in [0.3, 0.4) is 0 Å². The van der Waals surface area contributed by atoms with E-state index in [2.05, 4.69) is 56.3 Å². The molecule has 0 aromatic heterocycles. The van der Waals surface area contributed by atoms with Gasteiger partial charge in [0.2, 0.25) is 10.0 Å². The number of benzene rings is 3. The van der Waals surface area contributed by atoms with Gasteiger partial charge in [0.15, 0.2) is 0 Å². The molecule has 3 aromatic rings. The van der Waals surface area contributed by atoms with Crippen LogP contribution in [0, 0.1) is 12.8 Å². The molecule has 1 heterocycles. The number of hydrogen-bond donors (Lipinski definition) is 0. The zero-order valence-electron chi connectivity index (χ0n) is 18.5. The minimum absolute atomic E-state index is 0.144. The molecule has 0 amide bonds. The maximum absolute atomic E-state index is 13.6. The molecule has 0 spiro atoms. The number of aryl methyl sites for hydroxylation is 1. The fourth-order valence-electron chi connectivity index (χ4n) is 4.43. The number of sulfonamides is 1. The van der Waals surface area contributed by atoms with Gasteiger partial charge in [0.25, 0.3) is 0 Å². The second-order valence-corrected chi connectivity index (χ2v) is 10.5. The lowest BCUT2D eigenvalue weighted by molar-refractivity contribution is 0.305. The van der Waals surface area contributed by atoms with Gasteiger partial charge in [-0.1, -0.05) is 92.2 Å². The van der Waals surface area contributed by atoms with Gasteiger partial charge in [-0.15, -0.1) is 0 Å². The van der Waals surface area contributed by atoms with Crippen molar-refractivity contribution < 1.29 is 8.42 Å². The molecule has 0 saturated carbocycles. The Bertz CT molecular complexity index is 1180. The number of rotatable bonds is 5. The van der Waals surface area contributed by atoms with Crippen LogP contribution in [-0.4, -0.2) is 24.8 Å². The minimum Gasteiger partial charge on any atom is -0.207 e. The third kappa shape index (κ3) is 4.10. The maximum Gasteiger partial charge on any atom is 0.244 e. The highest BCUT2D eigenvalue weighted by molar-refractivity contribution is 7.89. The summed E-state index contributed by atoms with van der Waals surface area (Å²) in [6.45, 7) is 8.11. The summed E-state index contributed by atoms with van der Waals surface area (Å²) in [6.07, 6.45) is 2.11. The summed E-state index contributed by atoms with van der Waals surface area (Å²) in [5, 5.41) is 0. The molecule has 0 saturated heterocycles. The van der Waals surface area contributed by atoms with Crippen molar-refractivity contribution in [2.45, 2.75) is 44.7 Å². The summed E-state index contributed by atoms with van der Waals surface area (Å²) >= 11 is 0. The summed E-state index contributed by atoms with van der Waals surface area (Å²) in [4.78, 5) is 0.352. The predicted molar refractivity (Wildman–Crippen MR) is 128 cm³/mol. The largest absolute Gasteiger partial charge is 0.244 e. The van der Waals surface area contributed by atoms with Crippen molar-refractivity contribution in [3.8, 4) is 11.1 Å². The molecule has 3 nitrogen and oxygen atoms in total. The van der Waals surface area contributed by atoms with Gasteiger partial charge in [-0.05, 0) is 54.2 Å². The third-order valence-electron chi connectivity index (χ3n) is 5.97. The van der Waals surface area contributed by atoms with Crippen LogP contribution in [0.4, 0.5) is 0 Å². The van der Waals surface area contributed by atoms with Gasteiger partial charge in [-0.25, -0.2) is 8.42 Å². The van der Waals surface area contributed by atoms with E-state index < -0.39 is 10.0 Å². The van der Waals surface area contributed by atoms with Gasteiger partial charge < -0.3 is 0 Å². The van der Waals surface area contributed by atoms with Crippen LogP contribution in [0.25, 0.3) is 16.7 Å². The highest BCUT2D eigenvalue weighted by Gasteiger charge is 2.42. The van der Waals surface area contributed by atoms with Gasteiger partial charge in [-0.3, -0.25) is 0 Å². The van der Waals surface area contributed by atoms with E-state index in [0.717, 1.165) is 22.3 Å². The van der Waals surface area contributed by atoms with Crippen molar-refractivity contribution in [1.82, 2.24) is 4.31 Å². The summed E-state index contributed by atoms with van der Waals surface area (Å²) in [7, 11) is -3.61. The molecule has 0 N–H and O–H groups in total. The van der Waals surface area contributed by atoms with E-state index in [1.54, 1.807) is 16.4 Å². The molecule has 3 aromatic carbocycles. The normalized spacial score (nSPS) is 19.6. The topological polar surface area (TPSA) is 37.4 Å². The van der Waals surface area contributed by atoms with Crippen molar-refractivity contribution in [2.75, 3.05) is 0 Å². The molecule has 0 bridgehead atoms. The summed E-state index contributed by atoms with van der Waals surface area (Å²) < 4.78 is 28.8. The second-order valence-electron chi connectivity index (χ2n) is 8.64. The average Bonchev–Trinajstić information content (AvgIpc) is 3.13. The average molecular weight is 432 g/mol. The van der Waals surface area contributed by atoms with Crippen molar-refractivity contribution in [3.05, 3.63) is 96.1 Å². The van der Waals surface area contributed by atoms with Crippen LogP contribution in [0.5, 0.6) is 0 Å². The second kappa shape index (κ2) is 8.45. The van der Waals surface area contributed by atoms with E-state index in [1.807, 2.05) is 44.2 Å². The molecule has 0 radical (unpaired) electrons. The first-order valence-corrected chi connectivity index (χ1v) is 12.2.